The largest absolute Gasteiger partial charge is 0.483 e. The molecule has 2 rings (SSSR count). The second-order valence-electron chi connectivity index (χ2n) is 5.21. The van der Waals surface area contributed by atoms with Gasteiger partial charge in [-0.05, 0) is 55.2 Å². The highest BCUT2D eigenvalue weighted by molar-refractivity contribution is 6.30. The van der Waals surface area contributed by atoms with E-state index >= 15 is 0 Å². The van der Waals surface area contributed by atoms with Crippen LogP contribution in [0.5, 0.6) is 5.75 Å². The van der Waals surface area contributed by atoms with Crippen LogP contribution in [-0.4, -0.2) is 12.5 Å². The van der Waals surface area contributed by atoms with Crippen molar-refractivity contribution < 1.29 is 9.53 Å². The van der Waals surface area contributed by atoms with Gasteiger partial charge in [0.25, 0.3) is 5.91 Å². The van der Waals surface area contributed by atoms with Crippen molar-refractivity contribution in [3.05, 3.63) is 58.1 Å². The summed E-state index contributed by atoms with van der Waals surface area (Å²) in [6, 6.07) is 11.3. The molecule has 0 aliphatic carbocycles. The molecule has 0 aliphatic heterocycles. The molecule has 0 aliphatic rings. The van der Waals surface area contributed by atoms with Crippen molar-refractivity contribution in [2.24, 2.45) is 0 Å². The quantitative estimate of drug-likeness (QED) is 0.879. The van der Waals surface area contributed by atoms with Crippen molar-refractivity contribution in [1.82, 2.24) is 0 Å². The van der Waals surface area contributed by atoms with Gasteiger partial charge in [-0.3, -0.25) is 4.79 Å². The van der Waals surface area contributed by atoms with Crippen LogP contribution in [0.2, 0.25) is 5.02 Å². The van der Waals surface area contributed by atoms with Crippen LogP contribution < -0.4 is 10.1 Å². The minimum atomic E-state index is -0.168. The molecule has 116 valence electrons. The van der Waals surface area contributed by atoms with E-state index in [1.165, 1.54) is 0 Å². The molecule has 1 amide bonds. The Morgan fingerprint density at radius 2 is 1.95 bits per heavy atom. The van der Waals surface area contributed by atoms with E-state index in [0.29, 0.717) is 10.8 Å². The summed E-state index contributed by atoms with van der Waals surface area (Å²) < 4.78 is 5.57. The zero-order valence-electron chi connectivity index (χ0n) is 13.1. The number of amides is 1. The van der Waals surface area contributed by atoms with Gasteiger partial charge in [0.1, 0.15) is 5.75 Å². The van der Waals surface area contributed by atoms with E-state index in [0.717, 1.165) is 28.8 Å². The Morgan fingerprint density at radius 1 is 1.18 bits per heavy atom. The number of carbonyl (C=O) groups is 1. The van der Waals surface area contributed by atoms with Crippen LogP contribution in [0.3, 0.4) is 0 Å². The highest BCUT2D eigenvalue weighted by atomic mass is 35.5. The van der Waals surface area contributed by atoms with E-state index < -0.39 is 0 Å². The molecule has 2 aromatic carbocycles. The van der Waals surface area contributed by atoms with Crippen LogP contribution in [0.25, 0.3) is 0 Å². The van der Waals surface area contributed by atoms with E-state index in [2.05, 4.69) is 12.2 Å². The minimum Gasteiger partial charge on any atom is -0.483 e. The monoisotopic (exact) mass is 317 g/mol. The van der Waals surface area contributed by atoms with Gasteiger partial charge in [0.2, 0.25) is 0 Å². The maximum absolute atomic E-state index is 12.1. The molecule has 0 unspecified atom stereocenters. The van der Waals surface area contributed by atoms with Crippen LogP contribution in [0.1, 0.15) is 23.6 Å². The summed E-state index contributed by atoms with van der Waals surface area (Å²) in [5, 5.41) is 3.60. The Balaban J connectivity index is 2.02. The van der Waals surface area contributed by atoms with Crippen molar-refractivity contribution in [1.29, 1.82) is 0 Å². The van der Waals surface area contributed by atoms with Gasteiger partial charge in [-0.1, -0.05) is 36.7 Å². The summed E-state index contributed by atoms with van der Waals surface area (Å²) in [6.07, 6.45) is 0.869. The highest BCUT2D eigenvalue weighted by Crippen LogP contribution is 2.23. The lowest BCUT2D eigenvalue weighted by atomic mass is 10.1. The second-order valence-corrected chi connectivity index (χ2v) is 5.65. The minimum absolute atomic E-state index is 0.0278. The van der Waals surface area contributed by atoms with E-state index in [1.807, 2.05) is 38.1 Å². The molecule has 0 atom stereocenters. The molecule has 0 spiro atoms. The molecule has 1 N–H and O–H groups in total. The maximum Gasteiger partial charge on any atom is 0.262 e. The standard InChI is InChI=1S/C18H20ClNO2/c1-4-14-7-5-6-12(2)18(14)20-17(21)11-22-16-9-8-15(19)10-13(16)3/h5-10H,4,11H2,1-3H3,(H,20,21). The Labute approximate surface area is 136 Å². The van der Waals surface area contributed by atoms with E-state index in [4.69, 9.17) is 16.3 Å². The van der Waals surface area contributed by atoms with Gasteiger partial charge >= 0.3 is 0 Å². The molecule has 4 heteroatoms. The number of nitrogens with one attached hydrogen (secondary N) is 1. The number of rotatable bonds is 5. The lowest BCUT2D eigenvalue weighted by molar-refractivity contribution is -0.118. The fourth-order valence-electron chi connectivity index (χ4n) is 2.30. The smallest absolute Gasteiger partial charge is 0.262 e. The van der Waals surface area contributed by atoms with Crippen LogP contribution in [0.4, 0.5) is 5.69 Å². The first-order valence-corrected chi connectivity index (χ1v) is 7.66. The summed E-state index contributed by atoms with van der Waals surface area (Å²) in [6.45, 7) is 5.92. The molecule has 0 radical (unpaired) electrons. The van der Waals surface area contributed by atoms with Crippen LogP contribution in [0, 0.1) is 13.8 Å². The number of benzene rings is 2. The Hall–Kier alpha value is -2.00. The number of anilines is 1. The molecule has 0 saturated heterocycles. The van der Waals surface area contributed by atoms with E-state index in [-0.39, 0.29) is 12.5 Å². The number of carbonyl (C=O) groups excluding carboxylic acids is 1. The maximum atomic E-state index is 12.1. The van der Waals surface area contributed by atoms with E-state index in [9.17, 15) is 4.79 Å². The van der Waals surface area contributed by atoms with Crippen molar-refractivity contribution in [2.45, 2.75) is 27.2 Å². The summed E-state index contributed by atoms with van der Waals surface area (Å²) in [4.78, 5) is 12.1. The summed E-state index contributed by atoms with van der Waals surface area (Å²) in [5.74, 6) is 0.499. The van der Waals surface area contributed by atoms with Crippen LogP contribution >= 0.6 is 11.6 Å². The summed E-state index contributed by atoms with van der Waals surface area (Å²) in [7, 11) is 0. The Kier molecular flexibility index (Phi) is 5.45. The zero-order chi connectivity index (χ0) is 16.1. The van der Waals surface area contributed by atoms with E-state index in [1.54, 1.807) is 12.1 Å². The number of para-hydroxylation sites is 1. The molecule has 2 aromatic rings. The predicted octanol–water partition coefficient (Wildman–Crippen LogP) is 4.54. The average Bonchev–Trinajstić information content (AvgIpc) is 2.48. The molecule has 3 nitrogen and oxygen atoms in total. The molecular formula is C18H20ClNO2. The fraction of sp³-hybridized carbons (Fsp3) is 0.278. The first kappa shape index (κ1) is 16.4. The van der Waals surface area contributed by atoms with Gasteiger partial charge in [-0.25, -0.2) is 0 Å². The van der Waals surface area contributed by atoms with Gasteiger partial charge in [-0.2, -0.15) is 0 Å². The van der Waals surface area contributed by atoms with Crippen molar-refractivity contribution in [3.8, 4) is 5.75 Å². The topological polar surface area (TPSA) is 38.3 Å². The lowest BCUT2D eigenvalue weighted by Crippen LogP contribution is -2.21. The molecule has 0 fully saturated rings. The highest BCUT2D eigenvalue weighted by Gasteiger charge is 2.10. The molecule has 0 aromatic heterocycles. The fourth-order valence-corrected chi connectivity index (χ4v) is 2.52. The third-order valence-electron chi connectivity index (χ3n) is 3.50. The number of hydrogen-bond donors (Lipinski definition) is 1. The average molecular weight is 318 g/mol. The summed E-state index contributed by atoms with van der Waals surface area (Å²) in [5.41, 5.74) is 3.96. The van der Waals surface area contributed by atoms with Crippen LogP contribution in [-0.2, 0) is 11.2 Å². The van der Waals surface area contributed by atoms with Crippen molar-refractivity contribution in [3.63, 3.8) is 0 Å². The van der Waals surface area contributed by atoms with Gasteiger partial charge in [-0.15, -0.1) is 0 Å². The Morgan fingerprint density at radius 3 is 2.64 bits per heavy atom. The first-order chi connectivity index (χ1) is 10.5. The van der Waals surface area contributed by atoms with Crippen molar-refractivity contribution >= 4 is 23.2 Å². The number of ether oxygens (including phenoxy) is 1. The molecule has 0 saturated carbocycles. The molecule has 22 heavy (non-hydrogen) atoms. The Bertz CT molecular complexity index is 683. The second kappa shape index (κ2) is 7.32. The first-order valence-electron chi connectivity index (χ1n) is 7.28. The van der Waals surface area contributed by atoms with Crippen LogP contribution in [0.15, 0.2) is 36.4 Å². The number of aryl methyl sites for hydroxylation is 3. The molecular weight excluding hydrogens is 298 g/mol. The molecule has 0 heterocycles. The predicted molar refractivity (Wildman–Crippen MR) is 90.9 cm³/mol. The van der Waals surface area contributed by atoms with Gasteiger partial charge in [0.15, 0.2) is 6.61 Å². The third-order valence-corrected chi connectivity index (χ3v) is 3.74. The number of hydrogen-bond acceptors (Lipinski definition) is 2. The van der Waals surface area contributed by atoms with Gasteiger partial charge in [0.05, 0.1) is 0 Å². The molecule has 0 bridgehead atoms. The number of halogens is 1. The van der Waals surface area contributed by atoms with Gasteiger partial charge in [0, 0.05) is 10.7 Å². The third kappa shape index (κ3) is 4.01. The SMILES string of the molecule is CCc1cccc(C)c1NC(=O)COc1ccc(Cl)cc1C. The van der Waals surface area contributed by atoms with Crippen molar-refractivity contribution in [2.75, 3.05) is 11.9 Å². The van der Waals surface area contributed by atoms with Gasteiger partial charge < -0.3 is 10.1 Å². The zero-order valence-corrected chi connectivity index (χ0v) is 13.8. The lowest BCUT2D eigenvalue weighted by Gasteiger charge is -2.14. The summed E-state index contributed by atoms with van der Waals surface area (Å²) >= 11 is 5.90. The normalized spacial score (nSPS) is 10.4.